The normalized spacial score (nSPS) is 22.9. The van der Waals surface area contributed by atoms with E-state index in [1.165, 1.54) is 16.4 Å². The Morgan fingerprint density at radius 2 is 1.82 bits per heavy atom. The van der Waals surface area contributed by atoms with Crippen molar-refractivity contribution < 1.29 is 27.8 Å². The molecule has 1 aromatic rings. The number of rotatable bonds is 9. The number of ether oxygens (including phenoxy) is 2. The number of piperidine rings is 1. The zero-order chi connectivity index (χ0) is 23.8. The maximum Gasteiger partial charge on any atom is 0.409 e. The van der Waals surface area contributed by atoms with Crippen LogP contribution in [0.25, 0.3) is 0 Å². The molecule has 0 radical (unpaired) electrons. The maximum absolute atomic E-state index is 13.3. The highest BCUT2D eigenvalue weighted by molar-refractivity contribution is 7.89. The van der Waals surface area contributed by atoms with Crippen LogP contribution in [0, 0.1) is 0 Å². The van der Waals surface area contributed by atoms with Crippen molar-refractivity contribution in [3.63, 3.8) is 0 Å². The van der Waals surface area contributed by atoms with E-state index >= 15 is 0 Å². The van der Waals surface area contributed by atoms with E-state index < -0.39 is 22.2 Å². The summed E-state index contributed by atoms with van der Waals surface area (Å²) in [6.45, 7) is 6.09. The molecule has 2 aliphatic rings. The fourth-order valence-corrected chi connectivity index (χ4v) is 6.34. The van der Waals surface area contributed by atoms with Crippen molar-refractivity contribution in [2.45, 2.75) is 43.2 Å². The number of carbonyl (C=O) groups excluding carboxylic acids is 1. The lowest BCUT2D eigenvalue weighted by atomic mass is 10.0. The van der Waals surface area contributed by atoms with Crippen LogP contribution in [-0.4, -0.2) is 105 Å². The molecule has 0 saturated carbocycles. The first-order valence-electron chi connectivity index (χ1n) is 11.4. The summed E-state index contributed by atoms with van der Waals surface area (Å²) in [5.41, 5.74) is 0. The van der Waals surface area contributed by atoms with Gasteiger partial charge in [-0.05, 0) is 44.0 Å². The third-order valence-corrected chi connectivity index (χ3v) is 8.49. The van der Waals surface area contributed by atoms with Crippen molar-refractivity contribution in [1.82, 2.24) is 14.1 Å². The first-order chi connectivity index (χ1) is 15.8. The van der Waals surface area contributed by atoms with Gasteiger partial charge in [0.15, 0.2) is 0 Å². The van der Waals surface area contributed by atoms with Gasteiger partial charge in [0.2, 0.25) is 10.0 Å². The molecule has 0 unspecified atom stereocenters. The SMILES string of the molecule is C[C@@H]1CCC[C@H](COC(=O)N2CCN(CCOCCO)CC2)N1S(=O)(=O)c1ccc(Cl)cc1. The summed E-state index contributed by atoms with van der Waals surface area (Å²) in [5, 5.41) is 9.23. The van der Waals surface area contributed by atoms with Crippen molar-refractivity contribution in [2.75, 3.05) is 59.2 Å². The summed E-state index contributed by atoms with van der Waals surface area (Å²) >= 11 is 5.92. The van der Waals surface area contributed by atoms with Crippen LogP contribution in [-0.2, 0) is 19.5 Å². The molecule has 9 nitrogen and oxygen atoms in total. The topological polar surface area (TPSA) is 99.6 Å². The van der Waals surface area contributed by atoms with Crippen LogP contribution < -0.4 is 0 Å². The molecule has 1 aromatic carbocycles. The first kappa shape index (κ1) is 26.2. The lowest BCUT2D eigenvalue weighted by molar-refractivity contribution is 0.0391. The van der Waals surface area contributed by atoms with Gasteiger partial charge >= 0.3 is 6.09 Å². The molecule has 0 bridgehead atoms. The molecule has 2 saturated heterocycles. The molecular weight excluding hydrogens is 470 g/mol. The van der Waals surface area contributed by atoms with Crippen molar-refractivity contribution in [3.8, 4) is 0 Å². The molecule has 11 heteroatoms. The second-order valence-electron chi connectivity index (χ2n) is 8.46. The Morgan fingerprint density at radius 3 is 2.48 bits per heavy atom. The summed E-state index contributed by atoms with van der Waals surface area (Å²) in [6, 6.07) is 5.57. The quantitative estimate of drug-likeness (QED) is 0.515. The van der Waals surface area contributed by atoms with Gasteiger partial charge in [0.25, 0.3) is 0 Å². The highest BCUT2D eigenvalue weighted by Gasteiger charge is 2.38. The van der Waals surface area contributed by atoms with Gasteiger partial charge in [0.05, 0.1) is 30.8 Å². The summed E-state index contributed by atoms with van der Waals surface area (Å²) in [4.78, 5) is 16.7. The minimum absolute atomic E-state index is 0.0117. The predicted octanol–water partition coefficient (Wildman–Crippen LogP) is 2.03. The monoisotopic (exact) mass is 503 g/mol. The molecule has 186 valence electrons. The van der Waals surface area contributed by atoms with E-state index in [0.29, 0.717) is 37.7 Å². The van der Waals surface area contributed by atoms with Crippen molar-refractivity contribution in [3.05, 3.63) is 29.3 Å². The molecule has 0 spiro atoms. The second kappa shape index (κ2) is 12.3. The number of sulfonamides is 1. The van der Waals surface area contributed by atoms with Gasteiger partial charge in [-0.15, -0.1) is 0 Å². The Balaban J connectivity index is 1.54. The Labute approximate surface area is 201 Å². The van der Waals surface area contributed by atoms with Gasteiger partial charge in [0, 0.05) is 43.8 Å². The van der Waals surface area contributed by atoms with Crippen LogP contribution in [0.5, 0.6) is 0 Å². The maximum atomic E-state index is 13.3. The van der Waals surface area contributed by atoms with Crippen LogP contribution in [0.1, 0.15) is 26.2 Å². The molecule has 2 fully saturated rings. The van der Waals surface area contributed by atoms with E-state index in [1.54, 1.807) is 17.0 Å². The number of hydrogen-bond donors (Lipinski definition) is 1. The van der Waals surface area contributed by atoms with Crippen LogP contribution in [0.2, 0.25) is 5.02 Å². The number of amides is 1. The molecule has 33 heavy (non-hydrogen) atoms. The summed E-state index contributed by atoms with van der Waals surface area (Å²) in [6.07, 6.45) is 1.88. The van der Waals surface area contributed by atoms with Gasteiger partial charge in [0.1, 0.15) is 6.61 Å². The standard InChI is InChI=1S/C22H34ClN3O6S/c1-18-3-2-4-20(26(18)33(29,30)21-7-5-19(23)6-8-21)17-32-22(28)25-11-9-24(10-12-25)13-15-31-16-14-27/h5-8,18,20,27H,2-4,9-17H2,1H3/t18-,20-/m1/s1. The van der Waals surface area contributed by atoms with Gasteiger partial charge in [-0.2, -0.15) is 4.31 Å². The fraction of sp³-hybridized carbons (Fsp3) is 0.682. The molecule has 3 rings (SSSR count). The third kappa shape index (κ3) is 7.03. The number of halogens is 1. The Kier molecular flexibility index (Phi) is 9.78. The molecule has 2 atom stereocenters. The van der Waals surface area contributed by atoms with E-state index in [-0.39, 0.29) is 24.2 Å². The summed E-state index contributed by atoms with van der Waals surface area (Å²) in [5.74, 6) is 0. The Bertz CT molecular complexity index is 861. The minimum atomic E-state index is -3.73. The van der Waals surface area contributed by atoms with Crippen molar-refractivity contribution >= 4 is 27.7 Å². The van der Waals surface area contributed by atoms with Gasteiger partial charge < -0.3 is 19.5 Å². The van der Waals surface area contributed by atoms with E-state index in [0.717, 1.165) is 32.5 Å². The van der Waals surface area contributed by atoms with Crippen LogP contribution in [0.15, 0.2) is 29.2 Å². The molecule has 2 heterocycles. The first-order valence-corrected chi connectivity index (χ1v) is 13.3. The largest absolute Gasteiger partial charge is 0.448 e. The van der Waals surface area contributed by atoms with Gasteiger partial charge in [-0.3, -0.25) is 4.90 Å². The molecule has 0 aliphatic carbocycles. The molecule has 0 aromatic heterocycles. The predicted molar refractivity (Wildman–Crippen MR) is 125 cm³/mol. The minimum Gasteiger partial charge on any atom is -0.448 e. The van der Waals surface area contributed by atoms with Crippen LogP contribution in [0.3, 0.4) is 0 Å². The molecular formula is C22H34ClN3O6S. The number of hydrogen-bond acceptors (Lipinski definition) is 7. The van der Waals surface area contributed by atoms with E-state index in [9.17, 15) is 13.2 Å². The second-order valence-corrected chi connectivity index (χ2v) is 10.7. The Morgan fingerprint density at radius 1 is 1.12 bits per heavy atom. The molecule has 1 N–H and O–H groups in total. The van der Waals surface area contributed by atoms with Gasteiger partial charge in [-0.1, -0.05) is 18.0 Å². The lowest BCUT2D eigenvalue weighted by Crippen LogP contribution is -2.52. The van der Waals surface area contributed by atoms with Crippen molar-refractivity contribution in [2.24, 2.45) is 0 Å². The van der Waals surface area contributed by atoms with Crippen LogP contribution in [0.4, 0.5) is 4.79 Å². The zero-order valence-corrected chi connectivity index (χ0v) is 20.6. The number of carbonyl (C=O) groups is 1. The average Bonchev–Trinajstić information content (AvgIpc) is 2.81. The van der Waals surface area contributed by atoms with Crippen LogP contribution >= 0.6 is 11.6 Å². The summed E-state index contributed by atoms with van der Waals surface area (Å²) in [7, 11) is -3.73. The van der Waals surface area contributed by atoms with E-state index in [1.807, 2.05) is 6.92 Å². The highest BCUT2D eigenvalue weighted by Crippen LogP contribution is 2.30. The average molecular weight is 504 g/mol. The number of benzene rings is 1. The number of aliphatic hydroxyl groups excluding tert-OH is 1. The smallest absolute Gasteiger partial charge is 0.409 e. The van der Waals surface area contributed by atoms with E-state index in [2.05, 4.69) is 4.90 Å². The zero-order valence-electron chi connectivity index (χ0n) is 19.1. The molecule has 1 amide bonds. The fourth-order valence-electron chi connectivity index (χ4n) is 4.35. The van der Waals surface area contributed by atoms with E-state index in [4.69, 9.17) is 26.2 Å². The van der Waals surface area contributed by atoms with Gasteiger partial charge in [-0.25, -0.2) is 13.2 Å². The number of aliphatic hydroxyl groups is 1. The summed E-state index contributed by atoms with van der Waals surface area (Å²) < 4.78 is 39.0. The number of piperazine rings is 1. The highest BCUT2D eigenvalue weighted by atomic mass is 35.5. The van der Waals surface area contributed by atoms with Crippen molar-refractivity contribution in [1.29, 1.82) is 0 Å². The Hall–Kier alpha value is -1.43. The molecule has 2 aliphatic heterocycles. The third-order valence-electron chi connectivity index (χ3n) is 6.16. The number of nitrogens with zero attached hydrogens (tertiary/aromatic N) is 3. The lowest BCUT2D eigenvalue weighted by Gasteiger charge is -2.39.